The molecular formula is C17H19N5O3S. The maximum Gasteiger partial charge on any atom is 0.260 e. The second-order valence-corrected chi connectivity index (χ2v) is 6.58. The van der Waals surface area contributed by atoms with Crippen molar-refractivity contribution in [3.63, 3.8) is 0 Å². The average Bonchev–Trinajstić information content (AvgIpc) is 3.31. The third-order valence-electron chi connectivity index (χ3n) is 3.81. The Morgan fingerprint density at radius 3 is 2.92 bits per heavy atom. The smallest absolute Gasteiger partial charge is 0.260 e. The van der Waals surface area contributed by atoms with E-state index in [0.717, 1.165) is 5.82 Å². The van der Waals surface area contributed by atoms with E-state index in [-0.39, 0.29) is 18.2 Å². The summed E-state index contributed by atoms with van der Waals surface area (Å²) in [7, 11) is 1.92. The predicted octanol–water partition coefficient (Wildman–Crippen LogP) is 1.93. The van der Waals surface area contributed by atoms with Crippen LogP contribution in [0.5, 0.6) is 0 Å². The number of nitrogens with zero attached hydrogens (tertiary/aromatic N) is 3. The third-order valence-corrected chi connectivity index (χ3v) is 4.62. The molecule has 3 aromatic heterocycles. The lowest BCUT2D eigenvalue weighted by molar-refractivity contribution is -0.120. The second-order valence-electron chi connectivity index (χ2n) is 5.72. The lowest BCUT2D eigenvalue weighted by atomic mass is 10.2. The van der Waals surface area contributed by atoms with Crippen LogP contribution in [0.4, 0.5) is 5.13 Å². The van der Waals surface area contributed by atoms with E-state index in [1.165, 1.54) is 17.6 Å². The Bertz CT molecular complexity index is 911. The Morgan fingerprint density at radius 1 is 1.38 bits per heavy atom. The summed E-state index contributed by atoms with van der Waals surface area (Å²) < 4.78 is 7.04. The highest BCUT2D eigenvalue weighted by Gasteiger charge is 2.14. The van der Waals surface area contributed by atoms with E-state index in [1.54, 1.807) is 24.6 Å². The fraction of sp³-hybridized carbons (Fsp3) is 0.294. The Labute approximate surface area is 154 Å². The number of hydrogen-bond donors (Lipinski definition) is 2. The van der Waals surface area contributed by atoms with Crippen LogP contribution >= 0.6 is 11.3 Å². The highest BCUT2D eigenvalue weighted by molar-refractivity contribution is 7.14. The van der Waals surface area contributed by atoms with Crippen LogP contribution in [0, 0.1) is 6.92 Å². The van der Waals surface area contributed by atoms with Crippen molar-refractivity contribution in [2.75, 3.05) is 11.9 Å². The van der Waals surface area contributed by atoms with Gasteiger partial charge in [-0.15, -0.1) is 11.3 Å². The van der Waals surface area contributed by atoms with Gasteiger partial charge in [-0.05, 0) is 13.0 Å². The number of aromatic nitrogens is 3. The molecule has 0 radical (unpaired) electrons. The lowest BCUT2D eigenvalue weighted by Gasteiger charge is -2.04. The minimum absolute atomic E-state index is 0.118. The zero-order chi connectivity index (χ0) is 18.5. The maximum absolute atomic E-state index is 12.1. The van der Waals surface area contributed by atoms with Crippen LogP contribution < -0.4 is 10.6 Å². The van der Waals surface area contributed by atoms with E-state index >= 15 is 0 Å². The number of anilines is 1. The maximum atomic E-state index is 12.1. The summed E-state index contributed by atoms with van der Waals surface area (Å²) in [5.41, 5.74) is 1.08. The molecule has 0 aliphatic carbocycles. The summed E-state index contributed by atoms with van der Waals surface area (Å²) in [6, 6.07) is 1.61. The summed E-state index contributed by atoms with van der Waals surface area (Å²) in [5.74, 6) is 1.06. The minimum atomic E-state index is -0.281. The van der Waals surface area contributed by atoms with Gasteiger partial charge < -0.3 is 14.3 Å². The predicted molar refractivity (Wildman–Crippen MR) is 97.1 cm³/mol. The van der Waals surface area contributed by atoms with Crippen LogP contribution in [0.2, 0.25) is 0 Å². The Hall–Kier alpha value is -2.94. The van der Waals surface area contributed by atoms with Crippen molar-refractivity contribution in [1.29, 1.82) is 0 Å². The summed E-state index contributed by atoms with van der Waals surface area (Å²) in [5, 5.41) is 7.77. The van der Waals surface area contributed by atoms with Crippen molar-refractivity contribution >= 4 is 28.3 Å². The second kappa shape index (κ2) is 7.96. The standard InChI is InChI=1S/C17H19N5O3S/c1-11-13(4-8-25-11)16(24)21-17-20-12(10-26-17)9-15(23)19-5-3-14-18-6-7-22(14)2/h4,6-8,10H,3,5,9H2,1-2H3,(H,19,23)(H,20,21,24). The number of thiazole rings is 1. The number of amides is 2. The van der Waals surface area contributed by atoms with Crippen molar-refractivity contribution < 1.29 is 14.0 Å². The van der Waals surface area contributed by atoms with Gasteiger partial charge >= 0.3 is 0 Å². The fourth-order valence-corrected chi connectivity index (χ4v) is 3.11. The van der Waals surface area contributed by atoms with Crippen molar-refractivity contribution in [1.82, 2.24) is 19.9 Å². The molecule has 2 N–H and O–H groups in total. The average molecular weight is 373 g/mol. The summed E-state index contributed by atoms with van der Waals surface area (Å²) in [4.78, 5) is 32.6. The minimum Gasteiger partial charge on any atom is -0.469 e. The molecular weight excluding hydrogens is 354 g/mol. The van der Waals surface area contributed by atoms with E-state index in [2.05, 4.69) is 20.6 Å². The monoisotopic (exact) mass is 373 g/mol. The van der Waals surface area contributed by atoms with Gasteiger partial charge in [0.25, 0.3) is 5.91 Å². The number of aryl methyl sites for hydroxylation is 2. The Kier molecular flexibility index (Phi) is 5.47. The fourth-order valence-electron chi connectivity index (χ4n) is 2.41. The van der Waals surface area contributed by atoms with Gasteiger partial charge in [0, 0.05) is 37.8 Å². The molecule has 136 valence electrons. The van der Waals surface area contributed by atoms with Gasteiger partial charge in [0.05, 0.1) is 23.9 Å². The largest absolute Gasteiger partial charge is 0.469 e. The number of furan rings is 1. The van der Waals surface area contributed by atoms with Gasteiger partial charge in [0.15, 0.2) is 5.13 Å². The number of imidazole rings is 1. The molecule has 3 heterocycles. The molecule has 0 bridgehead atoms. The molecule has 0 aromatic carbocycles. The Balaban J connectivity index is 1.47. The van der Waals surface area contributed by atoms with E-state index in [1.807, 2.05) is 17.8 Å². The number of carbonyl (C=O) groups is 2. The van der Waals surface area contributed by atoms with Crippen molar-refractivity contribution in [2.45, 2.75) is 19.8 Å². The van der Waals surface area contributed by atoms with Gasteiger partial charge in [-0.25, -0.2) is 9.97 Å². The van der Waals surface area contributed by atoms with Gasteiger partial charge in [-0.3, -0.25) is 14.9 Å². The van der Waals surface area contributed by atoms with Crippen LogP contribution in [0.1, 0.15) is 27.6 Å². The van der Waals surface area contributed by atoms with Crippen LogP contribution in [-0.2, 0) is 24.7 Å². The van der Waals surface area contributed by atoms with Gasteiger partial charge in [0.2, 0.25) is 5.91 Å². The first-order chi connectivity index (χ1) is 12.5. The molecule has 2 amide bonds. The topological polar surface area (TPSA) is 102 Å². The van der Waals surface area contributed by atoms with E-state index in [9.17, 15) is 9.59 Å². The summed E-state index contributed by atoms with van der Waals surface area (Å²) in [6.07, 6.45) is 5.89. The van der Waals surface area contributed by atoms with Crippen LogP contribution in [0.25, 0.3) is 0 Å². The summed E-state index contributed by atoms with van der Waals surface area (Å²) in [6.45, 7) is 2.23. The molecule has 3 rings (SSSR count). The summed E-state index contributed by atoms with van der Waals surface area (Å²) >= 11 is 1.28. The van der Waals surface area contributed by atoms with Crippen LogP contribution in [0.15, 0.2) is 34.5 Å². The molecule has 0 spiro atoms. The highest BCUT2D eigenvalue weighted by Crippen LogP contribution is 2.18. The van der Waals surface area contributed by atoms with Crippen molar-refractivity contribution in [3.8, 4) is 0 Å². The first-order valence-electron chi connectivity index (χ1n) is 8.05. The van der Waals surface area contributed by atoms with E-state index in [4.69, 9.17) is 4.42 Å². The molecule has 26 heavy (non-hydrogen) atoms. The zero-order valence-corrected chi connectivity index (χ0v) is 15.3. The molecule has 0 aliphatic rings. The van der Waals surface area contributed by atoms with Gasteiger partial charge in [0.1, 0.15) is 11.6 Å². The third kappa shape index (κ3) is 4.37. The molecule has 0 aliphatic heterocycles. The first kappa shape index (κ1) is 17.9. The number of rotatable bonds is 7. The normalized spacial score (nSPS) is 10.7. The number of nitrogens with one attached hydrogen (secondary N) is 2. The molecule has 0 atom stereocenters. The van der Waals surface area contributed by atoms with Gasteiger partial charge in [-0.1, -0.05) is 0 Å². The Morgan fingerprint density at radius 2 is 2.23 bits per heavy atom. The van der Waals surface area contributed by atoms with Crippen LogP contribution in [0.3, 0.4) is 0 Å². The molecule has 0 saturated heterocycles. The molecule has 0 fully saturated rings. The van der Waals surface area contributed by atoms with Gasteiger partial charge in [-0.2, -0.15) is 0 Å². The molecule has 9 heteroatoms. The number of carbonyl (C=O) groups excluding carboxylic acids is 2. The molecule has 3 aromatic rings. The molecule has 0 saturated carbocycles. The first-order valence-corrected chi connectivity index (χ1v) is 8.93. The molecule has 8 nitrogen and oxygen atoms in total. The number of hydrogen-bond acceptors (Lipinski definition) is 6. The zero-order valence-electron chi connectivity index (χ0n) is 14.5. The SMILES string of the molecule is Cc1occc1C(=O)Nc1nc(CC(=O)NCCc2nccn2C)cs1. The van der Waals surface area contributed by atoms with Crippen LogP contribution in [-0.4, -0.2) is 32.9 Å². The van der Waals surface area contributed by atoms with E-state index < -0.39 is 0 Å². The highest BCUT2D eigenvalue weighted by atomic mass is 32.1. The van der Waals surface area contributed by atoms with E-state index in [0.29, 0.717) is 35.1 Å². The van der Waals surface area contributed by atoms with Crippen molar-refractivity contribution in [2.24, 2.45) is 7.05 Å². The quantitative estimate of drug-likeness (QED) is 0.659. The van der Waals surface area contributed by atoms with Crippen molar-refractivity contribution in [3.05, 3.63) is 52.9 Å². The lowest BCUT2D eigenvalue weighted by Crippen LogP contribution is -2.28. The molecule has 0 unspecified atom stereocenters.